The lowest BCUT2D eigenvalue weighted by Crippen LogP contribution is -2.36. The van der Waals surface area contributed by atoms with Crippen LogP contribution in [0.4, 0.5) is 0 Å². The minimum absolute atomic E-state index is 0.0644. The first-order valence-corrected chi connectivity index (χ1v) is 7.16. The van der Waals surface area contributed by atoms with E-state index in [4.69, 9.17) is 0 Å². The number of Topliss-reactive ketones (excluding diaryl/α,β-unsaturated/α-hetero) is 1. The van der Waals surface area contributed by atoms with Gasteiger partial charge in [0, 0.05) is 0 Å². The molecule has 17 heavy (non-hydrogen) atoms. The maximum absolute atomic E-state index is 11.4. The largest absolute Gasteiger partial charge is 0.317 e. The van der Waals surface area contributed by atoms with Crippen LogP contribution in [0.25, 0.3) is 0 Å². The Morgan fingerprint density at radius 2 is 1.59 bits per heavy atom. The van der Waals surface area contributed by atoms with Gasteiger partial charge in [-0.25, -0.2) is 0 Å². The Kier molecular flexibility index (Phi) is 11.8. The standard InChI is InChI=1S/C14H30N2O/c1-4-6-10-15-11-8-9-14(13(3)17)16-12-7-5-2/h14-16H,4-12H2,1-3H3. The number of carbonyl (C=O) groups is 1. The molecule has 0 saturated heterocycles. The highest BCUT2D eigenvalue weighted by Crippen LogP contribution is 1.99. The highest BCUT2D eigenvalue weighted by molar-refractivity contribution is 5.81. The number of nitrogens with one attached hydrogen (secondary N) is 2. The summed E-state index contributed by atoms with van der Waals surface area (Å²) in [6.45, 7) is 9.15. The second-order valence-corrected chi connectivity index (χ2v) is 4.72. The van der Waals surface area contributed by atoms with Gasteiger partial charge in [-0.2, -0.15) is 0 Å². The van der Waals surface area contributed by atoms with Gasteiger partial charge in [0.2, 0.25) is 0 Å². The van der Waals surface area contributed by atoms with E-state index in [1.165, 1.54) is 19.3 Å². The second-order valence-electron chi connectivity index (χ2n) is 4.72. The van der Waals surface area contributed by atoms with Crippen LogP contribution in [0.15, 0.2) is 0 Å². The predicted molar refractivity (Wildman–Crippen MR) is 74.4 cm³/mol. The molecule has 0 aliphatic carbocycles. The zero-order valence-electron chi connectivity index (χ0n) is 11.8. The summed E-state index contributed by atoms with van der Waals surface area (Å²) in [6, 6.07) is 0.0644. The summed E-state index contributed by atoms with van der Waals surface area (Å²) < 4.78 is 0. The van der Waals surface area contributed by atoms with Crippen LogP contribution >= 0.6 is 0 Å². The molecule has 0 aliphatic rings. The average Bonchev–Trinajstić information content (AvgIpc) is 2.31. The maximum atomic E-state index is 11.4. The van der Waals surface area contributed by atoms with Gasteiger partial charge in [0.1, 0.15) is 5.78 Å². The summed E-state index contributed by atoms with van der Waals surface area (Å²) >= 11 is 0. The Hall–Kier alpha value is -0.410. The molecule has 3 nitrogen and oxygen atoms in total. The van der Waals surface area contributed by atoms with Crippen molar-refractivity contribution in [3.8, 4) is 0 Å². The predicted octanol–water partition coefficient (Wildman–Crippen LogP) is 2.50. The zero-order valence-corrected chi connectivity index (χ0v) is 11.8. The molecule has 0 aromatic carbocycles. The molecule has 102 valence electrons. The third-order valence-electron chi connectivity index (χ3n) is 2.97. The van der Waals surface area contributed by atoms with Crippen LogP contribution in [-0.2, 0) is 4.79 Å². The first-order chi connectivity index (χ1) is 8.22. The molecule has 0 fully saturated rings. The lowest BCUT2D eigenvalue weighted by atomic mass is 10.1. The molecule has 0 heterocycles. The van der Waals surface area contributed by atoms with Crippen molar-refractivity contribution >= 4 is 5.78 Å². The Balaban J connectivity index is 3.52. The van der Waals surface area contributed by atoms with Gasteiger partial charge in [0.15, 0.2) is 0 Å². The Labute approximate surface area is 107 Å². The molecule has 0 bridgehead atoms. The third kappa shape index (κ3) is 10.5. The summed E-state index contributed by atoms with van der Waals surface area (Å²) in [5.41, 5.74) is 0. The van der Waals surface area contributed by atoms with Gasteiger partial charge < -0.3 is 10.6 Å². The van der Waals surface area contributed by atoms with Crippen LogP contribution in [0.1, 0.15) is 59.3 Å². The molecule has 1 unspecified atom stereocenters. The molecular formula is C14H30N2O. The van der Waals surface area contributed by atoms with Gasteiger partial charge in [-0.15, -0.1) is 0 Å². The van der Waals surface area contributed by atoms with E-state index in [2.05, 4.69) is 24.5 Å². The van der Waals surface area contributed by atoms with Crippen molar-refractivity contribution < 1.29 is 4.79 Å². The lowest BCUT2D eigenvalue weighted by Gasteiger charge is -2.15. The number of unbranched alkanes of at least 4 members (excludes halogenated alkanes) is 2. The quantitative estimate of drug-likeness (QED) is 0.517. The van der Waals surface area contributed by atoms with E-state index in [1.807, 2.05) is 0 Å². The highest BCUT2D eigenvalue weighted by Gasteiger charge is 2.11. The average molecular weight is 242 g/mol. The van der Waals surface area contributed by atoms with E-state index in [1.54, 1.807) is 6.92 Å². The van der Waals surface area contributed by atoms with Crippen molar-refractivity contribution in [1.82, 2.24) is 10.6 Å². The smallest absolute Gasteiger partial charge is 0.146 e. The lowest BCUT2D eigenvalue weighted by molar-refractivity contribution is -0.119. The number of ketones is 1. The highest BCUT2D eigenvalue weighted by atomic mass is 16.1. The van der Waals surface area contributed by atoms with Crippen LogP contribution in [0.2, 0.25) is 0 Å². The van der Waals surface area contributed by atoms with E-state index >= 15 is 0 Å². The normalized spacial score (nSPS) is 12.6. The number of carbonyl (C=O) groups excluding carboxylic acids is 1. The molecular weight excluding hydrogens is 212 g/mol. The minimum Gasteiger partial charge on any atom is -0.317 e. The monoisotopic (exact) mass is 242 g/mol. The maximum Gasteiger partial charge on any atom is 0.146 e. The number of hydrogen-bond donors (Lipinski definition) is 2. The fourth-order valence-electron chi connectivity index (χ4n) is 1.76. The molecule has 0 amide bonds. The molecule has 0 saturated carbocycles. The van der Waals surface area contributed by atoms with Gasteiger partial charge in [-0.05, 0) is 52.2 Å². The van der Waals surface area contributed by atoms with Gasteiger partial charge >= 0.3 is 0 Å². The van der Waals surface area contributed by atoms with Crippen molar-refractivity contribution in [3.05, 3.63) is 0 Å². The molecule has 0 radical (unpaired) electrons. The molecule has 0 rings (SSSR count). The van der Waals surface area contributed by atoms with Gasteiger partial charge in [-0.1, -0.05) is 26.7 Å². The molecule has 3 heteroatoms. The zero-order chi connectivity index (χ0) is 12.9. The van der Waals surface area contributed by atoms with Gasteiger partial charge in [-0.3, -0.25) is 4.79 Å². The van der Waals surface area contributed by atoms with E-state index in [9.17, 15) is 4.79 Å². The molecule has 0 aliphatic heterocycles. The summed E-state index contributed by atoms with van der Waals surface area (Å²) in [4.78, 5) is 11.4. The first-order valence-electron chi connectivity index (χ1n) is 7.16. The first kappa shape index (κ1) is 16.6. The van der Waals surface area contributed by atoms with E-state index in [-0.39, 0.29) is 11.8 Å². The minimum atomic E-state index is 0.0644. The Bertz CT molecular complexity index is 183. The van der Waals surface area contributed by atoms with Crippen LogP contribution in [0.5, 0.6) is 0 Å². The SMILES string of the molecule is CCCCNCCCC(NCCCC)C(C)=O. The Morgan fingerprint density at radius 3 is 2.18 bits per heavy atom. The van der Waals surface area contributed by atoms with Crippen molar-refractivity contribution in [2.45, 2.75) is 65.3 Å². The van der Waals surface area contributed by atoms with Crippen LogP contribution in [0.3, 0.4) is 0 Å². The van der Waals surface area contributed by atoms with Crippen LogP contribution < -0.4 is 10.6 Å². The van der Waals surface area contributed by atoms with Gasteiger partial charge in [0.05, 0.1) is 6.04 Å². The molecule has 2 N–H and O–H groups in total. The summed E-state index contributed by atoms with van der Waals surface area (Å²) in [5, 5.41) is 6.75. The van der Waals surface area contributed by atoms with Crippen molar-refractivity contribution in [1.29, 1.82) is 0 Å². The second kappa shape index (κ2) is 12.1. The van der Waals surface area contributed by atoms with E-state index < -0.39 is 0 Å². The van der Waals surface area contributed by atoms with Crippen LogP contribution in [-0.4, -0.2) is 31.5 Å². The Morgan fingerprint density at radius 1 is 1.00 bits per heavy atom. The summed E-state index contributed by atoms with van der Waals surface area (Å²) in [7, 11) is 0. The molecule has 0 spiro atoms. The third-order valence-corrected chi connectivity index (χ3v) is 2.97. The van der Waals surface area contributed by atoms with E-state index in [0.717, 1.165) is 38.9 Å². The van der Waals surface area contributed by atoms with Crippen molar-refractivity contribution in [2.24, 2.45) is 0 Å². The topological polar surface area (TPSA) is 41.1 Å². The van der Waals surface area contributed by atoms with Crippen molar-refractivity contribution in [2.75, 3.05) is 19.6 Å². The van der Waals surface area contributed by atoms with Gasteiger partial charge in [0.25, 0.3) is 0 Å². The molecule has 0 aromatic heterocycles. The molecule has 0 aromatic rings. The van der Waals surface area contributed by atoms with Crippen molar-refractivity contribution in [3.63, 3.8) is 0 Å². The van der Waals surface area contributed by atoms with E-state index in [0.29, 0.717) is 0 Å². The number of rotatable bonds is 12. The number of hydrogen-bond acceptors (Lipinski definition) is 3. The fraction of sp³-hybridized carbons (Fsp3) is 0.929. The van der Waals surface area contributed by atoms with Crippen LogP contribution in [0, 0.1) is 0 Å². The summed E-state index contributed by atoms with van der Waals surface area (Å²) in [5.74, 6) is 0.273. The summed E-state index contributed by atoms with van der Waals surface area (Å²) in [6.07, 6.45) is 6.84. The molecule has 1 atom stereocenters. The fourth-order valence-corrected chi connectivity index (χ4v) is 1.76.